The summed E-state index contributed by atoms with van der Waals surface area (Å²) < 4.78 is 0. The van der Waals surface area contributed by atoms with Gasteiger partial charge in [-0.15, -0.1) is 0 Å². The molecule has 0 heterocycles. The van der Waals surface area contributed by atoms with Crippen LogP contribution < -0.4 is 10.6 Å². The van der Waals surface area contributed by atoms with Crippen molar-refractivity contribution in [2.45, 2.75) is 51.7 Å². The van der Waals surface area contributed by atoms with Gasteiger partial charge in [-0.3, -0.25) is 0 Å². The molecule has 3 unspecified atom stereocenters. The van der Waals surface area contributed by atoms with E-state index in [1.165, 1.54) is 6.42 Å². The third-order valence-electron chi connectivity index (χ3n) is 3.50. The van der Waals surface area contributed by atoms with E-state index in [4.69, 9.17) is 10.2 Å². The molecule has 1 saturated carbocycles. The van der Waals surface area contributed by atoms with Gasteiger partial charge in [0.1, 0.15) is 0 Å². The van der Waals surface area contributed by atoms with Crippen LogP contribution in [-0.2, 0) is 4.79 Å². The number of amides is 2. The summed E-state index contributed by atoms with van der Waals surface area (Å²) in [5, 5.41) is 23.0. The minimum absolute atomic E-state index is 0.0141. The number of carboxylic acid groups (broad SMARTS) is 1. The van der Waals surface area contributed by atoms with Crippen LogP contribution >= 0.6 is 0 Å². The first-order chi connectivity index (χ1) is 8.88. The summed E-state index contributed by atoms with van der Waals surface area (Å²) in [5.41, 5.74) is 0. The van der Waals surface area contributed by atoms with Crippen molar-refractivity contribution >= 4 is 12.0 Å². The second-order valence-corrected chi connectivity index (χ2v) is 5.66. The van der Waals surface area contributed by atoms with Crippen molar-refractivity contribution in [2.24, 2.45) is 11.8 Å². The average Bonchev–Trinajstić information content (AvgIpc) is 2.26. The van der Waals surface area contributed by atoms with Gasteiger partial charge in [-0.05, 0) is 31.1 Å². The molecule has 110 valence electrons. The van der Waals surface area contributed by atoms with E-state index in [-0.39, 0.29) is 25.0 Å². The Hall–Kier alpha value is -1.30. The van der Waals surface area contributed by atoms with Crippen molar-refractivity contribution in [3.8, 4) is 0 Å². The number of carbonyl (C=O) groups excluding carboxylic acids is 1. The molecule has 6 heteroatoms. The van der Waals surface area contributed by atoms with E-state index in [0.717, 1.165) is 12.8 Å². The number of hydrogen-bond acceptors (Lipinski definition) is 3. The zero-order valence-corrected chi connectivity index (χ0v) is 11.6. The molecule has 0 spiro atoms. The largest absolute Gasteiger partial charge is 0.479 e. The maximum atomic E-state index is 11.6. The lowest BCUT2D eigenvalue weighted by Crippen LogP contribution is -2.45. The summed E-state index contributed by atoms with van der Waals surface area (Å²) in [4.78, 5) is 22.0. The number of aliphatic hydroxyl groups is 1. The van der Waals surface area contributed by atoms with Crippen LogP contribution in [0.4, 0.5) is 4.79 Å². The second kappa shape index (κ2) is 7.33. The van der Waals surface area contributed by atoms with E-state index in [1.807, 2.05) is 0 Å². The topological polar surface area (TPSA) is 98.7 Å². The van der Waals surface area contributed by atoms with Crippen LogP contribution in [0.3, 0.4) is 0 Å². The fraction of sp³-hybridized carbons (Fsp3) is 0.846. The predicted octanol–water partition coefficient (Wildman–Crippen LogP) is 0.946. The fourth-order valence-electron chi connectivity index (χ4n) is 2.75. The summed E-state index contributed by atoms with van der Waals surface area (Å²) in [7, 11) is 0. The Bertz CT molecular complexity index is 312. The Morgan fingerprint density at radius 3 is 2.32 bits per heavy atom. The molecule has 0 aliphatic heterocycles. The van der Waals surface area contributed by atoms with E-state index in [9.17, 15) is 9.59 Å². The minimum Gasteiger partial charge on any atom is -0.479 e. The van der Waals surface area contributed by atoms with Gasteiger partial charge in [0.05, 0.1) is 0 Å². The average molecular weight is 272 g/mol. The number of carboxylic acids is 1. The molecule has 1 rings (SSSR count). The molecule has 4 N–H and O–H groups in total. The zero-order valence-electron chi connectivity index (χ0n) is 11.6. The number of urea groups is 1. The van der Waals surface area contributed by atoms with Gasteiger partial charge in [0.15, 0.2) is 6.10 Å². The summed E-state index contributed by atoms with van der Waals surface area (Å²) >= 11 is 0. The molecule has 0 aromatic carbocycles. The third-order valence-corrected chi connectivity index (χ3v) is 3.50. The number of aliphatic carboxylic acids is 1. The fourth-order valence-corrected chi connectivity index (χ4v) is 2.75. The van der Waals surface area contributed by atoms with E-state index < -0.39 is 12.1 Å². The van der Waals surface area contributed by atoms with Crippen molar-refractivity contribution in [2.75, 3.05) is 6.54 Å². The van der Waals surface area contributed by atoms with E-state index >= 15 is 0 Å². The molecule has 19 heavy (non-hydrogen) atoms. The van der Waals surface area contributed by atoms with Crippen molar-refractivity contribution in [3.63, 3.8) is 0 Å². The highest BCUT2D eigenvalue weighted by Gasteiger charge is 2.25. The molecule has 0 radical (unpaired) electrons. The lowest BCUT2D eigenvalue weighted by atomic mass is 9.80. The quantitative estimate of drug-likeness (QED) is 0.598. The van der Waals surface area contributed by atoms with Crippen LogP contribution in [0.25, 0.3) is 0 Å². The van der Waals surface area contributed by atoms with E-state index in [0.29, 0.717) is 11.8 Å². The van der Waals surface area contributed by atoms with E-state index in [1.54, 1.807) is 0 Å². The molecule has 6 nitrogen and oxygen atoms in total. The summed E-state index contributed by atoms with van der Waals surface area (Å²) in [6.45, 7) is 4.52. The first-order valence-electron chi connectivity index (χ1n) is 6.83. The molecule has 2 amide bonds. The number of carbonyl (C=O) groups is 2. The lowest BCUT2D eigenvalue weighted by Gasteiger charge is -2.31. The molecule has 3 atom stereocenters. The molecule has 0 aromatic heterocycles. The summed E-state index contributed by atoms with van der Waals surface area (Å²) in [6.07, 6.45) is 1.76. The van der Waals surface area contributed by atoms with Gasteiger partial charge in [0, 0.05) is 19.0 Å². The van der Waals surface area contributed by atoms with Crippen molar-refractivity contribution in [1.82, 2.24) is 10.6 Å². The van der Waals surface area contributed by atoms with E-state index in [2.05, 4.69) is 24.5 Å². The van der Waals surface area contributed by atoms with Crippen LogP contribution in [0.2, 0.25) is 0 Å². The van der Waals surface area contributed by atoms with Crippen LogP contribution in [0.1, 0.15) is 39.5 Å². The van der Waals surface area contributed by atoms with Crippen LogP contribution in [0.5, 0.6) is 0 Å². The van der Waals surface area contributed by atoms with Crippen molar-refractivity contribution < 1.29 is 19.8 Å². The number of hydrogen-bond donors (Lipinski definition) is 4. The number of rotatable bonds is 5. The standard InChI is InChI=1S/C13H24N2O4/c1-8-5-9(2)7-10(6-8)15-13(19)14-4-3-11(16)12(17)18/h8-11,16H,3-7H2,1-2H3,(H,17,18)(H2,14,15,19). The SMILES string of the molecule is CC1CC(C)CC(NC(=O)NCCC(O)C(=O)O)C1. The predicted molar refractivity (Wildman–Crippen MR) is 70.8 cm³/mol. The molecule has 1 aliphatic carbocycles. The normalized spacial score (nSPS) is 28.5. The highest BCUT2D eigenvalue weighted by atomic mass is 16.4. The number of aliphatic hydroxyl groups excluding tert-OH is 1. The highest BCUT2D eigenvalue weighted by molar-refractivity contribution is 5.74. The Labute approximate surface area is 113 Å². The van der Waals surface area contributed by atoms with Gasteiger partial charge in [-0.2, -0.15) is 0 Å². The van der Waals surface area contributed by atoms with Gasteiger partial charge < -0.3 is 20.8 Å². The number of nitrogens with one attached hydrogen (secondary N) is 2. The lowest BCUT2D eigenvalue weighted by molar-refractivity contribution is -0.146. The van der Waals surface area contributed by atoms with Crippen molar-refractivity contribution in [1.29, 1.82) is 0 Å². The highest BCUT2D eigenvalue weighted by Crippen LogP contribution is 2.28. The third kappa shape index (κ3) is 5.92. The molecule has 0 saturated heterocycles. The molecule has 0 aromatic rings. The van der Waals surface area contributed by atoms with Gasteiger partial charge >= 0.3 is 12.0 Å². The summed E-state index contributed by atoms with van der Waals surface area (Å²) in [5.74, 6) is -0.0390. The van der Waals surface area contributed by atoms with Crippen molar-refractivity contribution in [3.05, 3.63) is 0 Å². The first kappa shape index (κ1) is 15.8. The maximum Gasteiger partial charge on any atom is 0.332 e. The van der Waals surface area contributed by atoms with Gasteiger partial charge in [-0.25, -0.2) is 9.59 Å². The Morgan fingerprint density at radius 1 is 1.21 bits per heavy atom. The first-order valence-corrected chi connectivity index (χ1v) is 6.83. The Morgan fingerprint density at radius 2 is 1.79 bits per heavy atom. The molecular weight excluding hydrogens is 248 g/mol. The Balaban J connectivity index is 2.22. The maximum absolute atomic E-state index is 11.6. The minimum atomic E-state index is -1.42. The molecule has 1 aliphatic rings. The second-order valence-electron chi connectivity index (χ2n) is 5.66. The zero-order chi connectivity index (χ0) is 14.4. The van der Waals surface area contributed by atoms with Crippen LogP contribution in [0.15, 0.2) is 0 Å². The molecule has 1 fully saturated rings. The van der Waals surface area contributed by atoms with Gasteiger partial charge in [-0.1, -0.05) is 13.8 Å². The molecular formula is C13H24N2O4. The monoisotopic (exact) mass is 272 g/mol. The molecule has 0 bridgehead atoms. The van der Waals surface area contributed by atoms with Gasteiger partial charge in [0.25, 0.3) is 0 Å². The smallest absolute Gasteiger partial charge is 0.332 e. The van der Waals surface area contributed by atoms with Gasteiger partial charge in [0.2, 0.25) is 0 Å². The van der Waals surface area contributed by atoms with Crippen LogP contribution in [-0.4, -0.2) is 40.9 Å². The Kier molecular flexibility index (Phi) is 6.08. The summed E-state index contributed by atoms with van der Waals surface area (Å²) in [6, 6.07) is -0.105. The van der Waals surface area contributed by atoms with Crippen LogP contribution in [0, 0.1) is 11.8 Å².